The molecule has 0 atom stereocenters. The molecule has 6 rings (SSSR count). The van der Waals surface area contributed by atoms with E-state index in [0.29, 0.717) is 22.5 Å². The zero-order valence-electron chi connectivity index (χ0n) is 16.9. The fourth-order valence-electron chi connectivity index (χ4n) is 3.83. The van der Waals surface area contributed by atoms with Gasteiger partial charge in [-0.1, -0.05) is 78.3 Å². The second kappa shape index (κ2) is 7.59. The van der Waals surface area contributed by atoms with Gasteiger partial charge in [0, 0.05) is 32.5 Å². The molecule has 2 heterocycles. The summed E-state index contributed by atoms with van der Waals surface area (Å²) < 4.78 is 6.07. The number of fused-ring (bicyclic) bond motifs is 3. The van der Waals surface area contributed by atoms with Crippen LogP contribution in [0.15, 0.2) is 101 Å². The van der Waals surface area contributed by atoms with Crippen LogP contribution in [0.5, 0.6) is 0 Å². The molecule has 152 valence electrons. The van der Waals surface area contributed by atoms with E-state index in [1.807, 2.05) is 97.1 Å². The molecule has 0 spiro atoms. The first-order valence-electron chi connectivity index (χ1n) is 10.2. The van der Waals surface area contributed by atoms with E-state index in [4.69, 9.17) is 31.0 Å². The lowest BCUT2D eigenvalue weighted by Gasteiger charge is -2.08. The Balaban J connectivity index is 1.55. The third-order valence-electron chi connectivity index (χ3n) is 5.39. The quantitative estimate of drug-likeness (QED) is 0.291. The number of hydrogen-bond acceptors (Lipinski definition) is 4. The molecule has 0 aliphatic rings. The van der Waals surface area contributed by atoms with Crippen LogP contribution in [0, 0.1) is 0 Å². The van der Waals surface area contributed by atoms with Gasteiger partial charge in [-0.05, 0) is 30.3 Å². The van der Waals surface area contributed by atoms with E-state index in [9.17, 15) is 0 Å². The van der Waals surface area contributed by atoms with Crippen molar-refractivity contribution in [2.45, 2.75) is 0 Å². The van der Waals surface area contributed by atoms with Crippen LogP contribution < -0.4 is 0 Å². The van der Waals surface area contributed by atoms with Gasteiger partial charge in [-0.15, -0.1) is 0 Å². The second-order valence-electron chi connectivity index (χ2n) is 7.49. The summed E-state index contributed by atoms with van der Waals surface area (Å²) in [4.78, 5) is 14.3. The van der Waals surface area contributed by atoms with Crippen molar-refractivity contribution in [1.82, 2.24) is 15.0 Å². The summed E-state index contributed by atoms with van der Waals surface area (Å²) in [5.74, 6) is 1.86. The number of hydrogen-bond donors (Lipinski definition) is 0. The molecule has 0 amide bonds. The van der Waals surface area contributed by atoms with Crippen molar-refractivity contribution in [3.63, 3.8) is 0 Å². The van der Waals surface area contributed by atoms with Crippen LogP contribution in [-0.4, -0.2) is 15.0 Å². The normalized spacial score (nSPS) is 11.3. The molecular formula is C27H16ClN3O. The molecular weight excluding hydrogens is 418 g/mol. The Labute approximate surface area is 189 Å². The van der Waals surface area contributed by atoms with Crippen LogP contribution in [0.3, 0.4) is 0 Å². The van der Waals surface area contributed by atoms with Crippen LogP contribution >= 0.6 is 11.6 Å². The monoisotopic (exact) mass is 433 g/mol. The largest absolute Gasteiger partial charge is 0.456 e. The van der Waals surface area contributed by atoms with Gasteiger partial charge in [0.2, 0.25) is 0 Å². The van der Waals surface area contributed by atoms with E-state index in [0.717, 1.165) is 38.6 Å². The molecule has 0 saturated carbocycles. The number of furan rings is 1. The van der Waals surface area contributed by atoms with E-state index >= 15 is 0 Å². The van der Waals surface area contributed by atoms with Crippen LogP contribution in [0.25, 0.3) is 56.1 Å². The Hall–Kier alpha value is -4.02. The molecule has 0 aliphatic heterocycles. The summed E-state index contributed by atoms with van der Waals surface area (Å²) in [6.45, 7) is 0. The molecule has 0 fully saturated rings. The number of rotatable bonds is 3. The van der Waals surface area contributed by atoms with Gasteiger partial charge in [-0.3, -0.25) is 0 Å². The van der Waals surface area contributed by atoms with Gasteiger partial charge in [0.25, 0.3) is 0 Å². The standard InChI is InChI=1S/C27H16ClN3O/c28-20-12-14-23-22(16-20)21-13-11-19(15-24(21)32-23)27-30-25(17-7-3-1-4-8-17)29-26(31-27)18-9-5-2-6-10-18/h1-16H. The molecule has 4 nitrogen and oxygen atoms in total. The fourth-order valence-corrected chi connectivity index (χ4v) is 4.00. The van der Waals surface area contributed by atoms with Gasteiger partial charge in [-0.2, -0.15) is 0 Å². The minimum absolute atomic E-state index is 0.595. The van der Waals surface area contributed by atoms with Crippen molar-refractivity contribution >= 4 is 33.5 Å². The van der Waals surface area contributed by atoms with Gasteiger partial charge in [0.1, 0.15) is 11.2 Å². The number of halogens is 1. The van der Waals surface area contributed by atoms with Gasteiger partial charge >= 0.3 is 0 Å². The molecule has 4 aromatic carbocycles. The highest BCUT2D eigenvalue weighted by Crippen LogP contribution is 2.33. The van der Waals surface area contributed by atoms with Crippen LogP contribution in [-0.2, 0) is 0 Å². The summed E-state index contributed by atoms with van der Waals surface area (Å²) in [5.41, 5.74) is 4.30. The maximum atomic E-state index is 6.19. The molecule has 5 heteroatoms. The zero-order chi connectivity index (χ0) is 21.5. The molecule has 0 N–H and O–H groups in total. The predicted octanol–water partition coefficient (Wildman–Crippen LogP) is 7.43. The number of benzene rings is 4. The molecule has 2 aromatic heterocycles. The maximum absolute atomic E-state index is 6.19. The minimum Gasteiger partial charge on any atom is -0.456 e. The number of aromatic nitrogens is 3. The van der Waals surface area contributed by atoms with E-state index in [1.54, 1.807) is 0 Å². The van der Waals surface area contributed by atoms with E-state index in [1.165, 1.54) is 0 Å². The van der Waals surface area contributed by atoms with Gasteiger partial charge in [0.05, 0.1) is 0 Å². The molecule has 0 aliphatic carbocycles. The van der Waals surface area contributed by atoms with E-state index in [2.05, 4.69) is 0 Å². The average molecular weight is 434 g/mol. The summed E-state index contributed by atoms with van der Waals surface area (Å²) in [7, 11) is 0. The van der Waals surface area contributed by atoms with Crippen LogP contribution in [0.4, 0.5) is 0 Å². The lowest BCUT2D eigenvalue weighted by molar-refractivity contribution is 0.669. The third kappa shape index (κ3) is 3.31. The minimum atomic E-state index is 0.595. The van der Waals surface area contributed by atoms with Gasteiger partial charge in [0.15, 0.2) is 17.5 Å². The maximum Gasteiger partial charge on any atom is 0.164 e. The number of nitrogens with zero attached hydrogens (tertiary/aromatic N) is 3. The Morgan fingerprint density at radius 3 is 1.72 bits per heavy atom. The molecule has 0 saturated heterocycles. The van der Waals surface area contributed by atoms with E-state index in [-0.39, 0.29) is 0 Å². The zero-order valence-corrected chi connectivity index (χ0v) is 17.6. The lowest BCUT2D eigenvalue weighted by atomic mass is 10.1. The Bertz CT molecular complexity index is 1520. The highest BCUT2D eigenvalue weighted by Gasteiger charge is 2.14. The lowest BCUT2D eigenvalue weighted by Crippen LogP contribution is -2.00. The van der Waals surface area contributed by atoms with Crippen molar-refractivity contribution in [2.75, 3.05) is 0 Å². The second-order valence-corrected chi connectivity index (χ2v) is 7.93. The van der Waals surface area contributed by atoms with Gasteiger partial charge < -0.3 is 4.42 Å². The van der Waals surface area contributed by atoms with Crippen molar-refractivity contribution in [1.29, 1.82) is 0 Å². The molecule has 0 bridgehead atoms. The summed E-state index contributed by atoms with van der Waals surface area (Å²) >= 11 is 6.19. The molecule has 0 radical (unpaired) electrons. The van der Waals surface area contributed by atoms with E-state index < -0.39 is 0 Å². The van der Waals surface area contributed by atoms with Crippen molar-refractivity contribution in [3.8, 4) is 34.2 Å². The first-order chi connectivity index (χ1) is 15.7. The predicted molar refractivity (Wildman–Crippen MR) is 128 cm³/mol. The third-order valence-corrected chi connectivity index (χ3v) is 5.63. The smallest absolute Gasteiger partial charge is 0.164 e. The highest BCUT2D eigenvalue weighted by molar-refractivity contribution is 6.31. The average Bonchev–Trinajstić information content (AvgIpc) is 3.22. The van der Waals surface area contributed by atoms with Crippen molar-refractivity contribution in [3.05, 3.63) is 102 Å². The fraction of sp³-hybridized carbons (Fsp3) is 0. The topological polar surface area (TPSA) is 51.8 Å². The highest BCUT2D eigenvalue weighted by atomic mass is 35.5. The molecule has 32 heavy (non-hydrogen) atoms. The Morgan fingerprint density at radius 2 is 1.09 bits per heavy atom. The van der Waals surface area contributed by atoms with Crippen molar-refractivity contribution < 1.29 is 4.42 Å². The molecule has 0 unspecified atom stereocenters. The van der Waals surface area contributed by atoms with Gasteiger partial charge in [-0.25, -0.2) is 15.0 Å². The van der Waals surface area contributed by atoms with Crippen LogP contribution in [0.2, 0.25) is 5.02 Å². The Morgan fingerprint density at radius 1 is 0.500 bits per heavy atom. The van der Waals surface area contributed by atoms with Crippen molar-refractivity contribution in [2.24, 2.45) is 0 Å². The van der Waals surface area contributed by atoms with Crippen LogP contribution in [0.1, 0.15) is 0 Å². The molecule has 6 aromatic rings. The summed E-state index contributed by atoms with van der Waals surface area (Å²) in [6.07, 6.45) is 0. The first-order valence-corrected chi connectivity index (χ1v) is 10.6. The Kier molecular flexibility index (Phi) is 4.44. The SMILES string of the molecule is Clc1ccc2oc3cc(-c4nc(-c5ccccc5)nc(-c5ccccc5)n4)ccc3c2c1. The first kappa shape index (κ1) is 18.7. The summed E-state index contributed by atoms with van der Waals surface area (Å²) in [6, 6.07) is 31.5. The summed E-state index contributed by atoms with van der Waals surface area (Å²) in [5, 5.41) is 2.68.